The fourth-order valence-corrected chi connectivity index (χ4v) is 2.55. The van der Waals surface area contributed by atoms with Gasteiger partial charge < -0.3 is 5.32 Å². The summed E-state index contributed by atoms with van der Waals surface area (Å²) >= 11 is 0. The molecule has 0 unspecified atom stereocenters. The number of nitrogens with zero attached hydrogens (tertiary/aromatic N) is 1. The first-order valence-corrected chi connectivity index (χ1v) is 7.25. The van der Waals surface area contributed by atoms with Crippen molar-refractivity contribution in [2.24, 2.45) is 0 Å². The quantitative estimate of drug-likeness (QED) is 0.694. The largest absolute Gasteiger partial charge is 0.355 e. The number of benzene rings is 2. The molecule has 0 bridgehead atoms. The number of hydrogen-bond acceptors (Lipinski definition) is 2. The van der Waals surface area contributed by atoms with Crippen LogP contribution in [0.2, 0.25) is 0 Å². The minimum absolute atomic E-state index is 1.03. The smallest absolute Gasteiger partial charge is 0.0726 e. The third kappa shape index (κ3) is 2.75. The van der Waals surface area contributed by atoms with Gasteiger partial charge >= 0.3 is 0 Å². The van der Waals surface area contributed by atoms with E-state index in [9.17, 15) is 0 Å². The Balaban J connectivity index is 2.10. The molecule has 0 radical (unpaired) electrons. The number of pyridine rings is 1. The van der Waals surface area contributed by atoms with Gasteiger partial charge in [0.05, 0.1) is 5.52 Å². The van der Waals surface area contributed by atoms with Crippen molar-refractivity contribution in [2.45, 2.75) is 27.7 Å². The predicted molar refractivity (Wildman–Crippen MR) is 90.4 cm³/mol. The molecule has 2 nitrogen and oxygen atoms in total. The Bertz CT molecular complexity index is 819. The van der Waals surface area contributed by atoms with Crippen molar-refractivity contribution < 1.29 is 0 Å². The van der Waals surface area contributed by atoms with Crippen molar-refractivity contribution in [3.8, 4) is 0 Å². The van der Waals surface area contributed by atoms with Gasteiger partial charge in [0, 0.05) is 22.5 Å². The second-order valence-corrected chi connectivity index (χ2v) is 5.76. The summed E-state index contributed by atoms with van der Waals surface area (Å²) in [4.78, 5) is 4.61. The second kappa shape index (κ2) is 5.21. The van der Waals surface area contributed by atoms with Crippen LogP contribution in [0.5, 0.6) is 0 Å². The van der Waals surface area contributed by atoms with E-state index >= 15 is 0 Å². The van der Waals surface area contributed by atoms with E-state index < -0.39 is 0 Å². The van der Waals surface area contributed by atoms with Gasteiger partial charge in [-0.25, -0.2) is 0 Å². The Morgan fingerprint density at radius 2 is 1.62 bits per heavy atom. The van der Waals surface area contributed by atoms with Crippen LogP contribution in [-0.2, 0) is 0 Å². The van der Waals surface area contributed by atoms with Gasteiger partial charge in [-0.2, -0.15) is 0 Å². The fraction of sp³-hybridized carbons (Fsp3) is 0.211. The molecule has 1 N–H and O–H groups in total. The predicted octanol–water partition coefficient (Wildman–Crippen LogP) is 5.21. The van der Waals surface area contributed by atoms with Crippen LogP contribution in [-0.4, -0.2) is 4.98 Å². The van der Waals surface area contributed by atoms with Crippen LogP contribution in [0.25, 0.3) is 10.9 Å². The number of aryl methyl sites for hydroxylation is 4. The summed E-state index contributed by atoms with van der Waals surface area (Å²) in [6.07, 6.45) is 0. The van der Waals surface area contributed by atoms with E-state index in [1.54, 1.807) is 0 Å². The van der Waals surface area contributed by atoms with Crippen LogP contribution in [0.15, 0.2) is 42.5 Å². The monoisotopic (exact) mass is 276 g/mol. The first kappa shape index (κ1) is 13.6. The summed E-state index contributed by atoms with van der Waals surface area (Å²) < 4.78 is 0. The third-order valence-electron chi connectivity index (χ3n) is 3.88. The second-order valence-electron chi connectivity index (χ2n) is 5.76. The number of nitrogens with one attached hydrogen (secondary N) is 1. The van der Waals surface area contributed by atoms with Gasteiger partial charge in [0.2, 0.25) is 0 Å². The minimum atomic E-state index is 1.03. The van der Waals surface area contributed by atoms with E-state index in [0.29, 0.717) is 0 Å². The van der Waals surface area contributed by atoms with Crippen molar-refractivity contribution in [1.29, 1.82) is 0 Å². The lowest BCUT2D eigenvalue weighted by molar-refractivity contribution is 1.25. The highest BCUT2D eigenvalue weighted by Gasteiger charge is 2.05. The number of rotatable bonds is 2. The van der Waals surface area contributed by atoms with Crippen LogP contribution < -0.4 is 5.32 Å². The molecule has 3 aromatic rings. The normalized spacial score (nSPS) is 10.9. The molecule has 0 aliphatic carbocycles. The van der Waals surface area contributed by atoms with Gasteiger partial charge in [-0.15, -0.1) is 0 Å². The van der Waals surface area contributed by atoms with Crippen LogP contribution in [0.3, 0.4) is 0 Å². The molecule has 0 amide bonds. The van der Waals surface area contributed by atoms with Gasteiger partial charge in [-0.1, -0.05) is 17.7 Å². The molecule has 0 saturated carbocycles. The average Bonchev–Trinajstić information content (AvgIpc) is 2.43. The summed E-state index contributed by atoms with van der Waals surface area (Å²) in [5, 5.41) is 4.71. The maximum Gasteiger partial charge on any atom is 0.0726 e. The molecule has 2 aromatic carbocycles. The van der Waals surface area contributed by atoms with Gasteiger partial charge in [-0.3, -0.25) is 4.98 Å². The summed E-state index contributed by atoms with van der Waals surface area (Å²) in [5.74, 6) is 0. The molecule has 1 heterocycles. The minimum Gasteiger partial charge on any atom is -0.355 e. The standard InChI is InChI=1S/C19H20N2/c1-12-5-8-18-17(9-12)19(11-15(4)20-18)21-16-7-6-13(2)14(3)10-16/h5-11H,1-4H3,(H,20,21). The highest BCUT2D eigenvalue weighted by molar-refractivity contribution is 5.93. The topological polar surface area (TPSA) is 24.9 Å². The van der Waals surface area contributed by atoms with Crippen LogP contribution in [0.1, 0.15) is 22.4 Å². The summed E-state index contributed by atoms with van der Waals surface area (Å²) in [6.45, 7) is 8.42. The molecule has 2 heteroatoms. The zero-order chi connectivity index (χ0) is 15.0. The van der Waals surface area contributed by atoms with Crippen LogP contribution in [0, 0.1) is 27.7 Å². The van der Waals surface area contributed by atoms with E-state index in [2.05, 4.69) is 73.5 Å². The Hall–Kier alpha value is -2.35. The molecular formula is C19H20N2. The van der Waals surface area contributed by atoms with Gasteiger partial charge in [0.1, 0.15) is 0 Å². The molecule has 0 fully saturated rings. The molecule has 106 valence electrons. The van der Waals surface area contributed by atoms with Gasteiger partial charge in [0.15, 0.2) is 0 Å². The third-order valence-corrected chi connectivity index (χ3v) is 3.88. The first-order valence-electron chi connectivity index (χ1n) is 7.25. The van der Waals surface area contributed by atoms with Crippen LogP contribution in [0.4, 0.5) is 11.4 Å². The SMILES string of the molecule is Cc1ccc2nc(C)cc(Nc3ccc(C)c(C)c3)c2c1. The molecule has 0 atom stereocenters. The molecule has 3 rings (SSSR count). The summed E-state index contributed by atoms with van der Waals surface area (Å²) in [5.41, 5.74) is 8.15. The maximum atomic E-state index is 4.61. The Morgan fingerprint density at radius 3 is 2.38 bits per heavy atom. The molecule has 0 aliphatic heterocycles. The maximum absolute atomic E-state index is 4.61. The zero-order valence-corrected chi connectivity index (χ0v) is 13.0. The first-order chi connectivity index (χ1) is 10.0. The molecule has 0 spiro atoms. The zero-order valence-electron chi connectivity index (χ0n) is 13.0. The average molecular weight is 276 g/mol. The lowest BCUT2D eigenvalue weighted by Gasteiger charge is -2.12. The van der Waals surface area contributed by atoms with Crippen molar-refractivity contribution in [3.05, 3.63) is 64.8 Å². The number of hydrogen-bond donors (Lipinski definition) is 1. The number of anilines is 2. The fourth-order valence-electron chi connectivity index (χ4n) is 2.55. The number of fused-ring (bicyclic) bond motifs is 1. The summed E-state index contributed by atoms with van der Waals surface area (Å²) in [7, 11) is 0. The molecule has 1 aromatic heterocycles. The van der Waals surface area contributed by atoms with E-state index in [1.807, 2.05) is 6.92 Å². The van der Waals surface area contributed by atoms with Crippen molar-refractivity contribution in [3.63, 3.8) is 0 Å². The van der Waals surface area contributed by atoms with E-state index in [1.165, 1.54) is 22.1 Å². The summed E-state index contributed by atoms with van der Waals surface area (Å²) in [6, 6.07) is 14.9. The highest BCUT2D eigenvalue weighted by Crippen LogP contribution is 2.28. The van der Waals surface area contributed by atoms with E-state index in [4.69, 9.17) is 0 Å². The lowest BCUT2D eigenvalue weighted by Crippen LogP contribution is -1.96. The molecule has 0 aliphatic rings. The highest BCUT2D eigenvalue weighted by atomic mass is 14.9. The van der Waals surface area contributed by atoms with Crippen molar-refractivity contribution in [2.75, 3.05) is 5.32 Å². The molecule has 21 heavy (non-hydrogen) atoms. The number of aromatic nitrogens is 1. The van der Waals surface area contributed by atoms with Crippen molar-refractivity contribution in [1.82, 2.24) is 4.98 Å². The Morgan fingerprint density at radius 1 is 0.810 bits per heavy atom. The Labute approximate surface area is 125 Å². The molecule has 0 saturated heterocycles. The lowest BCUT2D eigenvalue weighted by atomic mass is 10.1. The van der Waals surface area contributed by atoms with Gasteiger partial charge in [-0.05, 0) is 69.2 Å². The van der Waals surface area contributed by atoms with Gasteiger partial charge in [0.25, 0.3) is 0 Å². The van der Waals surface area contributed by atoms with E-state index in [-0.39, 0.29) is 0 Å². The van der Waals surface area contributed by atoms with E-state index in [0.717, 1.165) is 22.6 Å². The van der Waals surface area contributed by atoms with Crippen molar-refractivity contribution >= 4 is 22.3 Å². The molecular weight excluding hydrogens is 256 g/mol. The van der Waals surface area contributed by atoms with Crippen LogP contribution >= 0.6 is 0 Å². The Kier molecular flexibility index (Phi) is 3.38.